The highest BCUT2D eigenvalue weighted by atomic mass is 35.5. The van der Waals surface area contributed by atoms with E-state index in [1.807, 2.05) is 42.2 Å². The Balaban J connectivity index is 1.46. The maximum absolute atomic E-state index is 12.9. The average Bonchev–Trinajstić information content (AvgIpc) is 2.65. The normalized spacial score (nSPS) is 15.1. The molecule has 0 bridgehead atoms. The predicted molar refractivity (Wildman–Crippen MR) is 103 cm³/mol. The van der Waals surface area contributed by atoms with Crippen LogP contribution in [0.4, 0.5) is 14.9 Å². The summed E-state index contributed by atoms with van der Waals surface area (Å²) >= 11 is 6.10. The van der Waals surface area contributed by atoms with Crippen molar-refractivity contribution in [2.75, 3.05) is 38.0 Å². The molecule has 1 aliphatic rings. The zero-order valence-electron chi connectivity index (χ0n) is 14.8. The fraction of sp³-hybridized carbons (Fsp3) is 0.350. The SMILES string of the molecule is Cc1c(Cl)cccc1NC(=O)N1CCN(CCc2ccc(F)cc2)CC1. The summed E-state index contributed by atoms with van der Waals surface area (Å²) in [5, 5.41) is 3.59. The van der Waals surface area contributed by atoms with Crippen molar-refractivity contribution in [2.24, 2.45) is 0 Å². The first kappa shape index (κ1) is 18.7. The summed E-state index contributed by atoms with van der Waals surface area (Å²) in [6, 6.07) is 12.1. The Bertz CT molecular complexity index is 758. The molecule has 2 amide bonds. The zero-order chi connectivity index (χ0) is 18.5. The van der Waals surface area contributed by atoms with Crippen molar-refractivity contribution >= 4 is 23.3 Å². The van der Waals surface area contributed by atoms with Crippen LogP contribution in [0.15, 0.2) is 42.5 Å². The van der Waals surface area contributed by atoms with Gasteiger partial charge in [0.15, 0.2) is 0 Å². The van der Waals surface area contributed by atoms with E-state index < -0.39 is 0 Å². The van der Waals surface area contributed by atoms with E-state index in [9.17, 15) is 9.18 Å². The molecule has 4 nitrogen and oxygen atoms in total. The largest absolute Gasteiger partial charge is 0.322 e. The van der Waals surface area contributed by atoms with E-state index in [0.717, 1.165) is 42.9 Å². The number of nitrogens with one attached hydrogen (secondary N) is 1. The predicted octanol–water partition coefficient (Wildman–Crippen LogP) is 4.18. The number of amides is 2. The number of carbonyl (C=O) groups excluding carboxylic acids is 1. The number of benzene rings is 2. The van der Waals surface area contributed by atoms with Gasteiger partial charge in [0.2, 0.25) is 0 Å². The molecule has 0 aromatic heterocycles. The summed E-state index contributed by atoms with van der Waals surface area (Å²) in [6.45, 7) is 5.86. The van der Waals surface area contributed by atoms with Crippen molar-refractivity contribution in [2.45, 2.75) is 13.3 Å². The highest BCUT2D eigenvalue weighted by Crippen LogP contribution is 2.23. The molecular formula is C20H23ClFN3O. The van der Waals surface area contributed by atoms with Gasteiger partial charge in [0.05, 0.1) is 0 Å². The van der Waals surface area contributed by atoms with Crippen LogP contribution in [0.3, 0.4) is 0 Å². The van der Waals surface area contributed by atoms with Crippen LogP contribution in [-0.2, 0) is 6.42 Å². The Morgan fingerprint density at radius 2 is 1.81 bits per heavy atom. The molecule has 0 radical (unpaired) electrons. The van der Waals surface area contributed by atoms with E-state index in [2.05, 4.69) is 10.2 Å². The van der Waals surface area contributed by atoms with Gasteiger partial charge in [-0.1, -0.05) is 29.8 Å². The van der Waals surface area contributed by atoms with Crippen LogP contribution >= 0.6 is 11.6 Å². The number of halogens is 2. The number of carbonyl (C=O) groups is 1. The summed E-state index contributed by atoms with van der Waals surface area (Å²) in [5.41, 5.74) is 2.75. The van der Waals surface area contributed by atoms with Crippen molar-refractivity contribution in [3.63, 3.8) is 0 Å². The lowest BCUT2D eigenvalue weighted by Gasteiger charge is -2.34. The Morgan fingerprint density at radius 3 is 2.50 bits per heavy atom. The molecule has 138 valence electrons. The molecule has 3 rings (SSSR count). The summed E-state index contributed by atoms with van der Waals surface area (Å²) in [4.78, 5) is 16.6. The molecular weight excluding hydrogens is 353 g/mol. The highest BCUT2D eigenvalue weighted by molar-refractivity contribution is 6.31. The van der Waals surface area contributed by atoms with Gasteiger partial charge in [0, 0.05) is 43.4 Å². The summed E-state index contributed by atoms with van der Waals surface area (Å²) in [6.07, 6.45) is 0.883. The Kier molecular flexibility index (Phi) is 6.12. The van der Waals surface area contributed by atoms with Gasteiger partial charge in [0.1, 0.15) is 5.82 Å². The third-order valence-corrected chi connectivity index (χ3v) is 5.21. The summed E-state index contributed by atoms with van der Waals surface area (Å²) < 4.78 is 12.9. The number of urea groups is 1. The average molecular weight is 376 g/mol. The van der Waals surface area contributed by atoms with Crippen molar-refractivity contribution in [3.05, 3.63) is 64.4 Å². The van der Waals surface area contributed by atoms with Gasteiger partial charge in [-0.05, 0) is 48.7 Å². The van der Waals surface area contributed by atoms with Crippen LogP contribution < -0.4 is 5.32 Å². The van der Waals surface area contributed by atoms with Crippen molar-refractivity contribution < 1.29 is 9.18 Å². The third kappa shape index (κ3) is 4.74. The molecule has 26 heavy (non-hydrogen) atoms. The first-order valence-corrected chi connectivity index (χ1v) is 9.18. The van der Waals surface area contributed by atoms with E-state index in [1.54, 1.807) is 0 Å². The van der Waals surface area contributed by atoms with Crippen LogP contribution in [-0.4, -0.2) is 48.6 Å². The van der Waals surface area contributed by atoms with Crippen molar-refractivity contribution in [3.8, 4) is 0 Å². The molecule has 6 heteroatoms. The molecule has 1 aliphatic heterocycles. The lowest BCUT2D eigenvalue weighted by Crippen LogP contribution is -2.50. The van der Waals surface area contributed by atoms with E-state index >= 15 is 0 Å². The van der Waals surface area contributed by atoms with E-state index in [-0.39, 0.29) is 11.8 Å². The van der Waals surface area contributed by atoms with Gasteiger partial charge in [-0.15, -0.1) is 0 Å². The molecule has 1 N–H and O–H groups in total. The maximum atomic E-state index is 12.9. The molecule has 2 aromatic rings. The van der Waals surface area contributed by atoms with Crippen molar-refractivity contribution in [1.29, 1.82) is 0 Å². The first-order valence-electron chi connectivity index (χ1n) is 8.81. The minimum atomic E-state index is -0.205. The Labute approximate surface area is 158 Å². The Morgan fingerprint density at radius 1 is 1.12 bits per heavy atom. The molecule has 0 aliphatic carbocycles. The molecule has 2 aromatic carbocycles. The molecule has 1 heterocycles. The van der Waals surface area contributed by atoms with Crippen LogP contribution in [0.25, 0.3) is 0 Å². The van der Waals surface area contributed by atoms with Gasteiger partial charge in [-0.25, -0.2) is 9.18 Å². The topological polar surface area (TPSA) is 35.6 Å². The highest BCUT2D eigenvalue weighted by Gasteiger charge is 2.21. The van der Waals surface area contributed by atoms with Crippen LogP contribution in [0.1, 0.15) is 11.1 Å². The molecule has 0 unspecified atom stereocenters. The number of anilines is 1. The molecule has 1 fully saturated rings. The van der Waals surface area contributed by atoms with Gasteiger partial charge in [-0.3, -0.25) is 4.90 Å². The number of rotatable bonds is 4. The molecule has 0 saturated carbocycles. The van der Waals surface area contributed by atoms with Crippen molar-refractivity contribution in [1.82, 2.24) is 9.80 Å². The monoisotopic (exact) mass is 375 g/mol. The van der Waals surface area contributed by atoms with Crippen LogP contribution in [0.5, 0.6) is 0 Å². The fourth-order valence-corrected chi connectivity index (χ4v) is 3.22. The second-order valence-corrected chi connectivity index (χ2v) is 6.95. The van der Waals surface area contributed by atoms with E-state index in [0.29, 0.717) is 18.1 Å². The second kappa shape index (κ2) is 8.52. The van der Waals surface area contributed by atoms with E-state index in [4.69, 9.17) is 11.6 Å². The van der Waals surface area contributed by atoms with Crippen LogP contribution in [0, 0.1) is 12.7 Å². The molecule has 1 saturated heterocycles. The number of piperazine rings is 1. The first-order chi connectivity index (χ1) is 12.5. The van der Waals surface area contributed by atoms with Gasteiger partial charge < -0.3 is 10.2 Å². The molecule has 0 atom stereocenters. The quantitative estimate of drug-likeness (QED) is 0.870. The lowest BCUT2D eigenvalue weighted by molar-refractivity contribution is 0.148. The van der Waals surface area contributed by atoms with Gasteiger partial charge >= 0.3 is 6.03 Å². The zero-order valence-corrected chi connectivity index (χ0v) is 15.6. The number of hydrogen-bond donors (Lipinski definition) is 1. The van der Waals surface area contributed by atoms with Gasteiger partial charge in [-0.2, -0.15) is 0 Å². The minimum absolute atomic E-state index is 0.0893. The summed E-state index contributed by atoms with van der Waals surface area (Å²) in [7, 11) is 0. The summed E-state index contributed by atoms with van der Waals surface area (Å²) in [5.74, 6) is -0.205. The Hall–Kier alpha value is -2.11. The van der Waals surface area contributed by atoms with Gasteiger partial charge in [0.25, 0.3) is 0 Å². The number of nitrogens with zero attached hydrogens (tertiary/aromatic N) is 2. The standard InChI is InChI=1S/C20H23ClFN3O/c1-15-18(21)3-2-4-19(15)23-20(26)25-13-11-24(12-14-25)10-9-16-5-7-17(22)8-6-16/h2-8H,9-14H2,1H3,(H,23,26). The smallest absolute Gasteiger partial charge is 0.321 e. The maximum Gasteiger partial charge on any atom is 0.321 e. The second-order valence-electron chi connectivity index (χ2n) is 6.55. The minimum Gasteiger partial charge on any atom is -0.322 e. The molecule has 0 spiro atoms. The third-order valence-electron chi connectivity index (χ3n) is 4.80. The van der Waals surface area contributed by atoms with E-state index in [1.165, 1.54) is 12.1 Å². The van der Waals surface area contributed by atoms with Crippen LogP contribution in [0.2, 0.25) is 5.02 Å². The number of hydrogen-bond acceptors (Lipinski definition) is 2. The lowest BCUT2D eigenvalue weighted by atomic mass is 10.1. The fourth-order valence-electron chi connectivity index (χ4n) is 3.05.